The Bertz CT molecular complexity index is 1080. The van der Waals surface area contributed by atoms with Gasteiger partial charge in [0, 0.05) is 18.7 Å². The van der Waals surface area contributed by atoms with Crippen LogP contribution >= 0.6 is 0 Å². The van der Waals surface area contributed by atoms with Crippen LogP contribution in [0.5, 0.6) is 0 Å². The van der Waals surface area contributed by atoms with Crippen LogP contribution in [0.4, 0.5) is 9.18 Å². The highest BCUT2D eigenvalue weighted by Gasteiger charge is 2.31. The van der Waals surface area contributed by atoms with E-state index in [0.717, 1.165) is 35.5 Å². The molecular formula is C26H31FN4O2. The molecule has 4 rings (SSSR count). The highest BCUT2D eigenvalue weighted by Crippen LogP contribution is 2.32. The van der Waals surface area contributed by atoms with Crippen molar-refractivity contribution >= 4 is 6.09 Å². The Hall–Kier alpha value is -3.19. The maximum absolute atomic E-state index is 13.5. The summed E-state index contributed by atoms with van der Waals surface area (Å²) in [5.41, 5.74) is 9.64. The molecule has 0 bridgehead atoms. The van der Waals surface area contributed by atoms with Gasteiger partial charge in [-0.2, -0.15) is 5.10 Å². The first-order chi connectivity index (χ1) is 15.7. The summed E-state index contributed by atoms with van der Waals surface area (Å²) in [5.74, 6) is -0.0929. The molecule has 1 aromatic heterocycles. The molecule has 174 valence electrons. The second kappa shape index (κ2) is 9.35. The summed E-state index contributed by atoms with van der Waals surface area (Å²) in [7, 11) is 0. The molecular weight excluding hydrogens is 419 g/mol. The monoisotopic (exact) mass is 450 g/mol. The molecule has 1 saturated heterocycles. The van der Waals surface area contributed by atoms with Gasteiger partial charge in [-0.1, -0.05) is 30.3 Å². The van der Waals surface area contributed by atoms with Gasteiger partial charge in [0.25, 0.3) is 0 Å². The van der Waals surface area contributed by atoms with Crippen LogP contribution in [-0.2, 0) is 4.74 Å². The number of likely N-dealkylation sites (tertiary alicyclic amines) is 1. The predicted octanol–water partition coefficient (Wildman–Crippen LogP) is 5.33. The van der Waals surface area contributed by atoms with Gasteiger partial charge in [0.2, 0.25) is 0 Å². The molecule has 1 atom stereocenters. The Morgan fingerprint density at radius 3 is 2.33 bits per heavy atom. The number of aromatic nitrogens is 2. The van der Waals surface area contributed by atoms with Crippen LogP contribution in [0, 0.1) is 11.7 Å². The van der Waals surface area contributed by atoms with E-state index in [1.807, 2.05) is 61.9 Å². The Morgan fingerprint density at radius 2 is 1.73 bits per heavy atom. The average molecular weight is 451 g/mol. The number of rotatable bonds is 4. The lowest BCUT2D eigenvalue weighted by atomic mass is 9.88. The summed E-state index contributed by atoms with van der Waals surface area (Å²) in [6, 6.07) is 18.0. The van der Waals surface area contributed by atoms with E-state index < -0.39 is 5.60 Å². The molecule has 1 aliphatic rings. The van der Waals surface area contributed by atoms with Crippen molar-refractivity contribution in [2.45, 2.75) is 45.3 Å². The summed E-state index contributed by atoms with van der Waals surface area (Å²) in [5, 5.41) is 4.83. The number of halogens is 1. The molecule has 1 aliphatic heterocycles. The fourth-order valence-corrected chi connectivity index (χ4v) is 4.17. The van der Waals surface area contributed by atoms with Gasteiger partial charge in [-0.05, 0) is 69.9 Å². The molecule has 1 unspecified atom stereocenters. The molecule has 1 fully saturated rings. The topological polar surface area (TPSA) is 73.4 Å². The number of carbonyl (C=O) groups excluding carboxylic acids is 1. The summed E-state index contributed by atoms with van der Waals surface area (Å²) in [6.45, 7) is 6.83. The van der Waals surface area contributed by atoms with Crippen LogP contribution in [0.15, 0.2) is 60.7 Å². The third-order valence-corrected chi connectivity index (χ3v) is 5.91. The summed E-state index contributed by atoms with van der Waals surface area (Å²) in [4.78, 5) is 14.1. The van der Waals surface area contributed by atoms with Crippen LogP contribution in [0.25, 0.3) is 16.9 Å². The third-order valence-electron chi connectivity index (χ3n) is 5.91. The molecule has 2 heterocycles. The molecule has 33 heavy (non-hydrogen) atoms. The van der Waals surface area contributed by atoms with Crippen molar-refractivity contribution in [1.29, 1.82) is 0 Å². The second-order valence-electron chi connectivity index (χ2n) is 9.54. The van der Waals surface area contributed by atoms with Gasteiger partial charge in [0.1, 0.15) is 11.4 Å². The molecule has 0 spiro atoms. The van der Waals surface area contributed by atoms with E-state index in [4.69, 9.17) is 15.6 Å². The zero-order chi connectivity index (χ0) is 23.6. The van der Waals surface area contributed by atoms with Crippen molar-refractivity contribution in [2.75, 3.05) is 13.1 Å². The summed E-state index contributed by atoms with van der Waals surface area (Å²) in [6.07, 6.45) is 1.29. The molecule has 0 aliphatic carbocycles. The lowest BCUT2D eigenvalue weighted by Gasteiger charge is -2.35. The molecule has 3 aromatic rings. The third kappa shape index (κ3) is 5.42. The molecule has 6 nitrogen and oxygen atoms in total. The normalized spacial score (nSPS) is 16.0. The zero-order valence-electron chi connectivity index (χ0n) is 19.4. The van der Waals surface area contributed by atoms with Gasteiger partial charge >= 0.3 is 6.09 Å². The maximum atomic E-state index is 13.5. The SMILES string of the molecule is CC(C)(C)OC(=O)N1CCC(C(N)c2cc(-c3ccccc3)n(-c3ccc(F)cc3)n2)CC1. The van der Waals surface area contributed by atoms with E-state index in [2.05, 4.69) is 0 Å². The Kier molecular flexibility index (Phi) is 6.51. The van der Waals surface area contributed by atoms with Crippen LogP contribution in [-0.4, -0.2) is 39.5 Å². The van der Waals surface area contributed by atoms with Crippen molar-refractivity contribution in [1.82, 2.24) is 14.7 Å². The minimum atomic E-state index is -0.509. The van der Waals surface area contributed by atoms with E-state index >= 15 is 0 Å². The van der Waals surface area contributed by atoms with E-state index in [-0.39, 0.29) is 23.9 Å². The highest BCUT2D eigenvalue weighted by molar-refractivity contribution is 5.68. The largest absolute Gasteiger partial charge is 0.444 e. The molecule has 0 radical (unpaired) electrons. The van der Waals surface area contributed by atoms with Gasteiger partial charge < -0.3 is 15.4 Å². The van der Waals surface area contributed by atoms with Gasteiger partial charge in [-0.25, -0.2) is 13.9 Å². The van der Waals surface area contributed by atoms with E-state index in [1.165, 1.54) is 12.1 Å². The molecule has 7 heteroatoms. The zero-order valence-corrected chi connectivity index (χ0v) is 19.4. The first-order valence-electron chi connectivity index (χ1n) is 11.4. The number of ether oxygens (including phenoxy) is 1. The number of nitrogens with two attached hydrogens (primary N) is 1. The number of nitrogens with zero attached hydrogens (tertiary/aromatic N) is 3. The fraction of sp³-hybridized carbons (Fsp3) is 0.385. The predicted molar refractivity (Wildman–Crippen MR) is 126 cm³/mol. The number of hydrogen-bond acceptors (Lipinski definition) is 4. The van der Waals surface area contributed by atoms with Gasteiger partial charge in [0.05, 0.1) is 23.1 Å². The van der Waals surface area contributed by atoms with Gasteiger partial charge in [0.15, 0.2) is 0 Å². The van der Waals surface area contributed by atoms with Crippen molar-refractivity contribution < 1.29 is 13.9 Å². The van der Waals surface area contributed by atoms with Crippen molar-refractivity contribution in [3.8, 4) is 16.9 Å². The second-order valence-corrected chi connectivity index (χ2v) is 9.54. The Balaban J connectivity index is 1.54. The number of amides is 1. The number of piperidine rings is 1. The van der Waals surface area contributed by atoms with Gasteiger partial charge in [-0.15, -0.1) is 0 Å². The minimum absolute atomic E-state index is 0.198. The van der Waals surface area contributed by atoms with E-state index in [0.29, 0.717) is 13.1 Å². The Morgan fingerprint density at radius 1 is 1.09 bits per heavy atom. The standard InChI is InChI=1S/C26H31FN4O2/c1-26(2,3)33-25(32)30-15-13-19(14-16-30)24(28)22-17-23(18-7-5-4-6-8-18)31(29-22)21-11-9-20(27)10-12-21/h4-12,17,19,24H,13-16,28H2,1-3H3. The smallest absolute Gasteiger partial charge is 0.410 e. The van der Waals surface area contributed by atoms with Gasteiger partial charge in [-0.3, -0.25) is 0 Å². The summed E-state index contributed by atoms with van der Waals surface area (Å²) >= 11 is 0. The molecule has 1 amide bonds. The first kappa shape index (κ1) is 23.0. The average Bonchev–Trinajstić information content (AvgIpc) is 3.24. The number of hydrogen-bond donors (Lipinski definition) is 1. The highest BCUT2D eigenvalue weighted by atomic mass is 19.1. The van der Waals surface area contributed by atoms with Crippen LogP contribution in [0.3, 0.4) is 0 Å². The minimum Gasteiger partial charge on any atom is -0.444 e. The molecule has 2 N–H and O–H groups in total. The van der Waals surface area contributed by atoms with E-state index in [9.17, 15) is 9.18 Å². The first-order valence-corrected chi connectivity index (χ1v) is 11.4. The molecule has 0 saturated carbocycles. The number of carbonyl (C=O) groups is 1. The molecule has 2 aromatic carbocycles. The summed E-state index contributed by atoms with van der Waals surface area (Å²) < 4.78 is 20.8. The maximum Gasteiger partial charge on any atom is 0.410 e. The van der Waals surface area contributed by atoms with E-state index in [1.54, 1.807) is 17.0 Å². The van der Waals surface area contributed by atoms with Crippen LogP contribution in [0.2, 0.25) is 0 Å². The van der Waals surface area contributed by atoms with Crippen LogP contribution in [0.1, 0.15) is 45.3 Å². The van der Waals surface area contributed by atoms with Crippen molar-refractivity contribution in [2.24, 2.45) is 11.7 Å². The quantitative estimate of drug-likeness (QED) is 0.583. The fourth-order valence-electron chi connectivity index (χ4n) is 4.17. The lowest BCUT2D eigenvalue weighted by molar-refractivity contribution is 0.0174. The van der Waals surface area contributed by atoms with Crippen molar-refractivity contribution in [3.63, 3.8) is 0 Å². The lowest BCUT2D eigenvalue weighted by Crippen LogP contribution is -2.43. The number of benzene rings is 2. The van der Waals surface area contributed by atoms with Crippen LogP contribution < -0.4 is 5.73 Å². The Labute approximate surface area is 194 Å². The van der Waals surface area contributed by atoms with Crippen molar-refractivity contribution in [3.05, 3.63) is 72.2 Å².